The molecule has 1 saturated carbocycles. The highest BCUT2D eigenvalue weighted by Crippen LogP contribution is 2.41. The Morgan fingerprint density at radius 1 is 1.45 bits per heavy atom. The molecule has 0 aliphatic heterocycles. The average Bonchev–Trinajstić information content (AvgIpc) is 2.91. The molecule has 2 atom stereocenters. The average molecular weight is 336 g/mol. The number of imidazole rings is 1. The van der Waals surface area contributed by atoms with Crippen molar-refractivity contribution in [3.63, 3.8) is 0 Å². The van der Waals surface area contributed by atoms with Gasteiger partial charge in [0.1, 0.15) is 5.82 Å². The molecule has 1 aromatic heterocycles. The van der Waals surface area contributed by atoms with E-state index in [4.69, 9.17) is 10.7 Å². The van der Waals surface area contributed by atoms with Crippen molar-refractivity contribution in [3.8, 4) is 0 Å². The fourth-order valence-electron chi connectivity index (χ4n) is 3.47. The predicted octanol–water partition coefficient (Wildman–Crippen LogP) is 4.15. The second-order valence-electron chi connectivity index (χ2n) is 6.45. The Morgan fingerprint density at radius 2 is 2.20 bits per heavy atom. The lowest BCUT2D eigenvalue weighted by molar-refractivity contribution is 0.378. The summed E-state index contributed by atoms with van der Waals surface area (Å²) >= 11 is 3.54. The predicted molar refractivity (Wildman–Crippen MR) is 87.0 cm³/mol. The molecule has 108 valence electrons. The first-order chi connectivity index (χ1) is 9.43. The van der Waals surface area contributed by atoms with Gasteiger partial charge in [-0.25, -0.2) is 4.98 Å². The van der Waals surface area contributed by atoms with E-state index in [9.17, 15) is 0 Å². The smallest absolute Gasteiger partial charge is 0.117 e. The summed E-state index contributed by atoms with van der Waals surface area (Å²) in [5.41, 5.74) is 8.66. The zero-order chi connectivity index (χ0) is 14.5. The van der Waals surface area contributed by atoms with Gasteiger partial charge in [-0.2, -0.15) is 0 Å². The molecule has 0 saturated heterocycles. The number of hydrogen-bond donors (Lipinski definition) is 1. The number of halogens is 1. The maximum atomic E-state index is 6.40. The third-order valence-corrected chi connectivity index (χ3v) is 5.20. The standard InChI is InChI=1S/C16H22BrN3/c1-10(2)20-13-7-6-11(17)9-12(13)19-15(20)16(3)8-4-5-14(16)18/h6-7,9-10,14H,4-5,8,18H2,1-3H3. The van der Waals surface area contributed by atoms with Crippen molar-refractivity contribution >= 4 is 27.0 Å². The third-order valence-electron chi connectivity index (χ3n) is 4.71. The normalized spacial score (nSPS) is 26.8. The summed E-state index contributed by atoms with van der Waals surface area (Å²) in [5, 5.41) is 0. The van der Waals surface area contributed by atoms with E-state index in [1.54, 1.807) is 0 Å². The topological polar surface area (TPSA) is 43.8 Å². The van der Waals surface area contributed by atoms with Gasteiger partial charge in [-0.3, -0.25) is 0 Å². The Morgan fingerprint density at radius 3 is 2.80 bits per heavy atom. The number of nitrogens with zero attached hydrogens (tertiary/aromatic N) is 2. The molecule has 0 spiro atoms. The summed E-state index contributed by atoms with van der Waals surface area (Å²) < 4.78 is 3.44. The van der Waals surface area contributed by atoms with Crippen LogP contribution in [0.5, 0.6) is 0 Å². The van der Waals surface area contributed by atoms with Crippen molar-refractivity contribution in [1.29, 1.82) is 0 Å². The lowest BCUT2D eigenvalue weighted by Gasteiger charge is -2.30. The molecule has 1 aliphatic rings. The van der Waals surface area contributed by atoms with Gasteiger partial charge in [-0.15, -0.1) is 0 Å². The SMILES string of the molecule is CC(C)n1c(C2(C)CCCC2N)nc2cc(Br)ccc21. The van der Waals surface area contributed by atoms with Crippen molar-refractivity contribution < 1.29 is 0 Å². The molecule has 0 bridgehead atoms. The summed E-state index contributed by atoms with van der Waals surface area (Å²) in [5.74, 6) is 1.16. The van der Waals surface area contributed by atoms with E-state index in [0.717, 1.165) is 28.7 Å². The number of benzene rings is 1. The van der Waals surface area contributed by atoms with Crippen LogP contribution >= 0.6 is 15.9 Å². The minimum Gasteiger partial charge on any atom is -0.327 e. The van der Waals surface area contributed by atoms with Gasteiger partial charge in [0.25, 0.3) is 0 Å². The van der Waals surface area contributed by atoms with Gasteiger partial charge >= 0.3 is 0 Å². The molecular formula is C16H22BrN3. The van der Waals surface area contributed by atoms with Crippen LogP contribution in [0.4, 0.5) is 0 Å². The molecule has 1 fully saturated rings. The van der Waals surface area contributed by atoms with Gasteiger partial charge < -0.3 is 10.3 Å². The molecule has 2 aromatic rings. The molecule has 0 radical (unpaired) electrons. The highest BCUT2D eigenvalue weighted by atomic mass is 79.9. The lowest BCUT2D eigenvalue weighted by atomic mass is 9.84. The first-order valence-corrected chi connectivity index (χ1v) is 8.16. The molecule has 3 nitrogen and oxygen atoms in total. The van der Waals surface area contributed by atoms with Crippen molar-refractivity contribution in [2.75, 3.05) is 0 Å². The quantitative estimate of drug-likeness (QED) is 0.895. The maximum Gasteiger partial charge on any atom is 0.117 e. The van der Waals surface area contributed by atoms with Crippen molar-refractivity contribution in [1.82, 2.24) is 9.55 Å². The van der Waals surface area contributed by atoms with E-state index in [-0.39, 0.29) is 11.5 Å². The van der Waals surface area contributed by atoms with Gasteiger partial charge in [0, 0.05) is 22.0 Å². The van der Waals surface area contributed by atoms with Crippen molar-refractivity contribution in [2.45, 2.75) is 57.5 Å². The van der Waals surface area contributed by atoms with E-state index >= 15 is 0 Å². The minimum absolute atomic E-state index is 0.00420. The Labute approximate surface area is 128 Å². The number of rotatable bonds is 2. The summed E-state index contributed by atoms with van der Waals surface area (Å²) in [7, 11) is 0. The Hall–Kier alpha value is -0.870. The van der Waals surface area contributed by atoms with E-state index in [2.05, 4.69) is 59.5 Å². The van der Waals surface area contributed by atoms with E-state index in [1.807, 2.05) is 0 Å². The van der Waals surface area contributed by atoms with Crippen LogP contribution in [0.3, 0.4) is 0 Å². The van der Waals surface area contributed by atoms with Crippen LogP contribution in [0.25, 0.3) is 11.0 Å². The summed E-state index contributed by atoms with van der Waals surface area (Å²) in [6.45, 7) is 6.72. The first kappa shape index (κ1) is 14.1. The first-order valence-electron chi connectivity index (χ1n) is 7.37. The molecule has 4 heteroatoms. The second kappa shape index (κ2) is 4.85. The van der Waals surface area contributed by atoms with Crippen LogP contribution in [0, 0.1) is 0 Å². The molecule has 2 unspecified atom stereocenters. The number of hydrogen-bond acceptors (Lipinski definition) is 2. The molecule has 1 aliphatic carbocycles. The lowest BCUT2D eigenvalue weighted by Crippen LogP contribution is -2.40. The van der Waals surface area contributed by atoms with Crippen LogP contribution in [0.2, 0.25) is 0 Å². The highest BCUT2D eigenvalue weighted by Gasteiger charge is 2.42. The van der Waals surface area contributed by atoms with Gasteiger partial charge in [0.2, 0.25) is 0 Å². The van der Waals surface area contributed by atoms with Crippen LogP contribution in [0.15, 0.2) is 22.7 Å². The Balaban J connectivity index is 2.27. The number of fused-ring (bicyclic) bond motifs is 1. The molecule has 20 heavy (non-hydrogen) atoms. The molecule has 3 rings (SSSR count). The molecular weight excluding hydrogens is 314 g/mol. The molecule has 2 N–H and O–H groups in total. The van der Waals surface area contributed by atoms with Crippen LogP contribution in [-0.2, 0) is 5.41 Å². The van der Waals surface area contributed by atoms with Gasteiger partial charge in [0.05, 0.1) is 11.0 Å². The number of aromatic nitrogens is 2. The van der Waals surface area contributed by atoms with Crippen LogP contribution in [0.1, 0.15) is 51.9 Å². The maximum absolute atomic E-state index is 6.40. The minimum atomic E-state index is -0.00420. The van der Waals surface area contributed by atoms with Gasteiger partial charge in [0.15, 0.2) is 0 Å². The summed E-state index contributed by atoms with van der Waals surface area (Å²) in [6, 6.07) is 6.94. The third kappa shape index (κ3) is 2.01. The van der Waals surface area contributed by atoms with Crippen LogP contribution < -0.4 is 5.73 Å². The van der Waals surface area contributed by atoms with Gasteiger partial charge in [-0.1, -0.05) is 29.3 Å². The zero-order valence-corrected chi connectivity index (χ0v) is 13.9. The fraction of sp³-hybridized carbons (Fsp3) is 0.562. The largest absolute Gasteiger partial charge is 0.327 e. The zero-order valence-electron chi connectivity index (χ0n) is 12.4. The monoisotopic (exact) mass is 335 g/mol. The fourth-order valence-corrected chi connectivity index (χ4v) is 3.82. The number of nitrogens with two attached hydrogens (primary N) is 1. The van der Waals surface area contributed by atoms with Crippen LogP contribution in [-0.4, -0.2) is 15.6 Å². The molecule has 0 amide bonds. The van der Waals surface area contributed by atoms with Crippen molar-refractivity contribution in [3.05, 3.63) is 28.5 Å². The van der Waals surface area contributed by atoms with Gasteiger partial charge in [-0.05, 0) is 44.9 Å². The Bertz CT molecular complexity index is 646. The van der Waals surface area contributed by atoms with Crippen molar-refractivity contribution in [2.24, 2.45) is 5.73 Å². The van der Waals surface area contributed by atoms with E-state index < -0.39 is 0 Å². The summed E-state index contributed by atoms with van der Waals surface area (Å²) in [4.78, 5) is 4.95. The molecule has 1 heterocycles. The summed E-state index contributed by atoms with van der Waals surface area (Å²) in [6.07, 6.45) is 3.43. The second-order valence-corrected chi connectivity index (χ2v) is 7.36. The highest BCUT2D eigenvalue weighted by molar-refractivity contribution is 9.10. The Kier molecular flexibility index (Phi) is 3.41. The van der Waals surface area contributed by atoms with E-state index in [1.165, 1.54) is 11.9 Å². The van der Waals surface area contributed by atoms with E-state index in [0.29, 0.717) is 6.04 Å². The molecule has 1 aromatic carbocycles.